The van der Waals surface area contributed by atoms with Gasteiger partial charge in [-0.2, -0.15) is 0 Å². The van der Waals surface area contributed by atoms with Crippen LogP contribution in [0.1, 0.15) is 57.8 Å². The summed E-state index contributed by atoms with van der Waals surface area (Å²) in [5.41, 5.74) is -0.450. The van der Waals surface area contributed by atoms with Crippen LogP contribution in [0.15, 0.2) is 0 Å². The van der Waals surface area contributed by atoms with Crippen LogP contribution in [0, 0.1) is 0 Å². The summed E-state index contributed by atoms with van der Waals surface area (Å²) in [4.78, 5) is 0. The summed E-state index contributed by atoms with van der Waals surface area (Å²) < 4.78 is 0. The monoisotopic (exact) mass is 227 g/mol. The van der Waals surface area contributed by atoms with Gasteiger partial charge in [0.1, 0.15) is 0 Å². The van der Waals surface area contributed by atoms with E-state index in [1.54, 1.807) is 0 Å². The summed E-state index contributed by atoms with van der Waals surface area (Å²) >= 11 is 0. The zero-order valence-corrected chi connectivity index (χ0v) is 10.1. The highest BCUT2D eigenvalue weighted by molar-refractivity contribution is 4.87. The standard InChI is InChI=1S/C13H25NO2/c15-12-6-4-11(5-7-12)14-10-13(16)8-2-1-3-9-13/h11-12,14-16H,1-10H2. The molecule has 0 bridgehead atoms. The van der Waals surface area contributed by atoms with Gasteiger partial charge in [-0.3, -0.25) is 0 Å². The molecule has 2 saturated carbocycles. The van der Waals surface area contributed by atoms with Gasteiger partial charge in [-0.25, -0.2) is 0 Å². The van der Waals surface area contributed by atoms with Crippen molar-refractivity contribution in [2.45, 2.75) is 75.5 Å². The normalized spacial score (nSPS) is 34.9. The second-order valence-corrected chi connectivity index (χ2v) is 5.67. The van der Waals surface area contributed by atoms with Gasteiger partial charge in [0.05, 0.1) is 11.7 Å². The summed E-state index contributed by atoms with van der Waals surface area (Å²) in [5, 5.41) is 23.3. The van der Waals surface area contributed by atoms with Crippen molar-refractivity contribution in [1.82, 2.24) is 5.32 Å². The van der Waals surface area contributed by atoms with E-state index in [1.165, 1.54) is 19.3 Å². The minimum atomic E-state index is -0.450. The summed E-state index contributed by atoms with van der Waals surface area (Å²) in [7, 11) is 0. The van der Waals surface area contributed by atoms with Crippen LogP contribution in [0.2, 0.25) is 0 Å². The minimum absolute atomic E-state index is 0.0872. The maximum absolute atomic E-state index is 10.3. The lowest BCUT2D eigenvalue weighted by molar-refractivity contribution is 0.000186. The molecule has 3 heteroatoms. The van der Waals surface area contributed by atoms with E-state index in [0.29, 0.717) is 6.04 Å². The fourth-order valence-electron chi connectivity index (χ4n) is 3.00. The van der Waals surface area contributed by atoms with Crippen molar-refractivity contribution < 1.29 is 10.2 Å². The van der Waals surface area contributed by atoms with Crippen LogP contribution in [0.5, 0.6) is 0 Å². The van der Waals surface area contributed by atoms with Crippen molar-refractivity contribution in [2.24, 2.45) is 0 Å². The molecule has 0 aromatic rings. The quantitative estimate of drug-likeness (QED) is 0.686. The number of hydrogen-bond donors (Lipinski definition) is 3. The highest BCUT2D eigenvalue weighted by atomic mass is 16.3. The summed E-state index contributed by atoms with van der Waals surface area (Å²) in [6.07, 6.45) is 9.36. The van der Waals surface area contributed by atoms with E-state index in [1.807, 2.05) is 0 Å². The molecule has 3 N–H and O–H groups in total. The van der Waals surface area contributed by atoms with Gasteiger partial charge in [0.15, 0.2) is 0 Å². The summed E-state index contributed by atoms with van der Waals surface area (Å²) in [6.45, 7) is 0.744. The molecule has 2 rings (SSSR count). The van der Waals surface area contributed by atoms with Crippen molar-refractivity contribution in [3.63, 3.8) is 0 Å². The van der Waals surface area contributed by atoms with E-state index < -0.39 is 5.60 Å². The number of aliphatic hydroxyl groups excluding tert-OH is 1. The molecule has 94 valence electrons. The Bertz CT molecular complexity index is 206. The molecule has 0 atom stereocenters. The van der Waals surface area contributed by atoms with Crippen molar-refractivity contribution in [3.8, 4) is 0 Å². The van der Waals surface area contributed by atoms with Crippen molar-refractivity contribution in [1.29, 1.82) is 0 Å². The predicted octanol–water partition coefficient (Wildman–Crippen LogP) is 1.57. The van der Waals surface area contributed by atoms with Crippen molar-refractivity contribution in [2.75, 3.05) is 6.54 Å². The molecule has 2 aliphatic rings. The Morgan fingerprint density at radius 1 is 1.00 bits per heavy atom. The van der Waals surface area contributed by atoms with Crippen LogP contribution >= 0.6 is 0 Å². The van der Waals surface area contributed by atoms with Gasteiger partial charge in [-0.15, -0.1) is 0 Å². The van der Waals surface area contributed by atoms with Crippen LogP contribution in [0.25, 0.3) is 0 Å². The first-order valence-electron chi connectivity index (χ1n) is 6.82. The van der Waals surface area contributed by atoms with E-state index in [0.717, 1.165) is 45.1 Å². The number of hydrogen-bond acceptors (Lipinski definition) is 3. The van der Waals surface area contributed by atoms with E-state index in [-0.39, 0.29) is 6.10 Å². The number of aliphatic hydroxyl groups is 2. The molecule has 2 fully saturated rings. The molecule has 0 spiro atoms. The molecule has 0 heterocycles. The van der Waals surface area contributed by atoms with Crippen molar-refractivity contribution >= 4 is 0 Å². The molecule has 0 radical (unpaired) electrons. The fourth-order valence-corrected chi connectivity index (χ4v) is 3.00. The first-order valence-corrected chi connectivity index (χ1v) is 6.82. The van der Waals surface area contributed by atoms with Gasteiger partial charge in [0.2, 0.25) is 0 Å². The zero-order chi connectivity index (χ0) is 11.4. The smallest absolute Gasteiger partial charge is 0.0771 e. The van der Waals surface area contributed by atoms with Crippen LogP contribution < -0.4 is 5.32 Å². The number of nitrogens with one attached hydrogen (secondary N) is 1. The molecule has 0 unspecified atom stereocenters. The maximum atomic E-state index is 10.3. The zero-order valence-electron chi connectivity index (χ0n) is 10.1. The third-order valence-electron chi connectivity index (χ3n) is 4.20. The fraction of sp³-hybridized carbons (Fsp3) is 1.00. The van der Waals surface area contributed by atoms with Crippen LogP contribution in [-0.4, -0.2) is 34.5 Å². The van der Waals surface area contributed by atoms with Gasteiger partial charge in [-0.1, -0.05) is 19.3 Å². The Balaban J connectivity index is 1.70. The highest BCUT2D eigenvalue weighted by Gasteiger charge is 2.30. The summed E-state index contributed by atoms with van der Waals surface area (Å²) in [5.74, 6) is 0. The lowest BCUT2D eigenvalue weighted by Crippen LogP contribution is -2.46. The van der Waals surface area contributed by atoms with Gasteiger partial charge in [0, 0.05) is 12.6 Å². The Morgan fingerprint density at radius 3 is 2.25 bits per heavy atom. The lowest BCUT2D eigenvalue weighted by Gasteiger charge is -2.35. The average molecular weight is 227 g/mol. The Labute approximate surface area is 98.2 Å². The highest BCUT2D eigenvalue weighted by Crippen LogP contribution is 2.28. The first kappa shape index (κ1) is 12.3. The van der Waals surface area contributed by atoms with E-state index in [2.05, 4.69) is 5.32 Å². The Morgan fingerprint density at radius 2 is 1.62 bits per heavy atom. The molecule has 16 heavy (non-hydrogen) atoms. The predicted molar refractivity (Wildman–Crippen MR) is 64.3 cm³/mol. The molecule has 0 amide bonds. The third-order valence-corrected chi connectivity index (χ3v) is 4.20. The van der Waals surface area contributed by atoms with Gasteiger partial charge in [0.25, 0.3) is 0 Å². The second kappa shape index (κ2) is 5.48. The van der Waals surface area contributed by atoms with Gasteiger partial charge >= 0.3 is 0 Å². The minimum Gasteiger partial charge on any atom is -0.393 e. The molecule has 0 aromatic heterocycles. The molecule has 0 aliphatic heterocycles. The SMILES string of the molecule is OC1CCC(NCC2(O)CCCCC2)CC1. The third kappa shape index (κ3) is 3.44. The average Bonchev–Trinajstić information content (AvgIpc) is 2.29. The molecular weight excluding hydrogens is 202 g/mol. The van der Waals surface area contributed by atoms with Crippen LogP contribution in [-0.2, 0) is 0 Å². The topological polar surface area (TPSA) is 52.5 Å². The maximum Gasteiger partial charge on any atom is 0.0771 e. The number of rotatable bonds is 3. The molecule has 0 aromatic carbocycles. The van der Waals surface area contributed by atoms with Gasteiger partial charge < -0.3 is 15.5 Å². The summed E-state index contributed by atoms with van der Waals surface area (Å²) in [6, 6.07) is 0.509. The van der Waals surface area contributed by atoms with Crippen molar-refractivity contribution in [3.05, 3.63) is 0 Å². The van der Waals surface area contributed by atoms with Crippen LogP contribution in [0.4, 0.5) is 0 Å². The molecular formula is C13H25NO2. The van der Waals surface area contributed by atoms with E-state index in [9.17, 15) is 10.2 Å². The van der Waals surface area contributed by atoms with Crippen LogP contribution in [0.3, 0.4) is 0 Å². The second-order valence-electron chi connectivity index (χ2n) is 5.67. The molecule has 3 nitrogen and oxygen atoms in total. The van der Waals surface area contributed by atoms with Gasteiger partial charge in [-0.05, 0) is 38.5 Å². The van der Waals surface area contributed by atoms with E-state index >= 15 is 0 Å². The van der Waals surface area contributed by atoms with E-state index in [4.69, 9.17) is 0 Å². The first-order chi connectivity index (χ1) is 7.68. The Hall–Kier alpha value is -0.120. The molecule has 2 aliphatic carbocycles. The lowest BCUT2D eigenvalue weighted by atomic mass is 9.84. The largest absolute Gasteiger partial charge is 0.393 e. The molecule has 0 saturated heterocycles. The Kier molecular flexibility index (Phi) is 4.22.